The van der Waals surface area contributed by atoms with E-state index < -0.39 is 17.6 Å². The fraction of sp³-hybridized carbons (Fsp3) is 0.0455. The minimum atomic E-state index is -4.38. The Morgan fingerprint density at radius 3 is 2.38 bits per heavy atom. The summed E-state index contributed by atoms with van der Waals surface area (Å²) in [4.78, 5) is 7.35. The molecule has 0 aliphatic heterocycles. The van der Waals surface area contributed by atoms with E-state index in [4.69, 9.17) is 0 Å². The Labute approximate surface area is 163 Å². The van der Waals surface area contributed by atoms with Crippen molar-refractivity contribution in [3.63, 3.8) is 0 Å². The highest BCUT2D eigenvalue weighted by molar-refractivity contribution is 5.84. The molecule has 0 bridgehead atoms. The van der Waals surface area contributed by atoms with Crippen LogP contribution in [0, 0.1) is 5.82 Å². The van der Waals surface area contributed by atoms with Gasteiger partial charge in [-0.1, -0.05) is 30.3 Å². The molecular formula is C22H14F4N2O. The number of phenolic OH excluding ortho intramolecular Hbond substituents is 1. The third-order valence-electron chi connectivity index (χ3n) is 4.42. The molecule has 0 saturated carbocycles. The second kappa shape index (κ2) is 7.09. The molecule has 7 heteroatoms. The van der Waals surface area contributed by atoms with Crippen LogP contribution >= 0.6 is 0 Å². The molecule has 0 atom stereocenters. The number of aromatic amines is 1. The van der Waals surface area contributed by atoms with Crippen molar-refractivity contribution >= 4 is 23.2 Å². The number of rotatable bonds is 3. The van der Waals surface area contributed by atoms with Gasteiger partial charge in [0, 0.05) is 11.6 Å². The molecule has 0 aliphatic carbocycles. The molecule has 0 aliphatic rings. The molecule has 0 unspecified atom stereocenters. The van der Waals surface area contributed by atoms with Crippen molar-refractivity contribution in [3.8, 4) is 16.9 Å². The maximum absolute atomic E-state index is 14.5. The molecule has 4 aromatic rings. The van der Waals surface area contributed by atoms with E-state index in [0.29, 0.717) is 33.5 Å². The fourth-order valence-electron chi connectivity index (χ4n) is 2.98. The Morgan fingerprint density at radius 2 is 1.69 bits per heavy atom. The van der Waals surface area contributed by atoms with Gasteiger partial charge in [0.1, 0.15) is 17.4 Å². The van der Waals surface area contributed by atoms with Crippen LogP contribution in [0.3, 0.4) is 0 Å². The van der Waals surface area contributed by atoms with Gasteiger partial charge in [-0.3, -0.25) is 0 Å². The number of nitrogens with one attached hydrogen (secondary N) is 1. The Kier molecular flexibility index (Phi) is 4.58. The molecule has 4 rings (SSSR count). The number of nitrogens with zero attached hydrogens (tertiary/aromatic N) is 1. The molecule has 2 N–H and O–H groups in total. The van der Waals surface area contributed by atoms with Crippen molar-refractivity contribution in [2.45, 2.75) is 6.18 Å². The average molecular weight is 398 g/mol. The van der Waals surface area contributed by atoms with E-state index in [1.54, 1.807) is 30.4 Å². The maximum atomic E-state index is 14.5. The minimum absolute atomic E-state index is 0.0317. The number of hydrogen-bond acceptors (Lipinski definition) is 2. The third kappa shape index (κ3) is 3.99. The standard InChI is InChI=1S/C22H14F4N2O/c23-18-12-20-19(11-17(18)14-2-1-3-16(29)10-14)27-21(28-20)9-6-13-4-7-15(8-5-13)22(24,25)26/h1-12,29H,(H,27,28)/b9-6+. The van der Waals surface area contributed by atoms with E-state index in [9.17, 15) is 22.7 Å². The van der Waals surface area contributed by atoms with Crippen LogP contribution in [-0.4, -0.2) is 15.1 Å². The van der Waals surface area contributed by atoms with Gasteiger partial charge in [-0.25, -0.2) is 9.37 Å². The van der Waals surface area contributed by atoms with Gasteiger partial charge in [-0.15, -0.1) is 0 Å². The zero-order valence-electron chi connectivity index (χ0n) is 14.8. The highest BCUT2D eigenvalue weighted by Gasteiger charge is 2.29. The van der Waals surface area contributed by atoms with Crippen LogP contribution in [-0.2, 0) is 6.18 Å². The van der Waals surface area contributed by atoms with Crippen LogP contribution in [0.5, 0.6) is 5.75 Å². The maximum Gasteiger partial charge on any atom is 0.416 e. The predicted octanol–water partition coefficient (Wildman–Crippen LogP) is 6.26. The molecule has 29 heavy (non-hydrogen) atoms. The number of fused-ring (bicyclic) bond motifs is 1. The van der Waals surface area contributed by atoms with Gasteiger partial charge < -0.3 is 10.1 Å². The van der Waals surface area contributed by atoms with Gasteiger partial charge in [0.05, 0.1) is 16.6 Å². The summed E-state index contributed by atoms with van der Waals surface area (Å²) in [5.74, 6) is 0.00145. The first-order valence-electron chi connectivity index (χ1n) is 8.63. The van der Waals surface area contributed by atoms with Gasteiger partial charge in [-0.05, 0) is 47.5 Å². The fourth-order valence-corrected chi connectivity index (χ4v) is 2.98. The van der Waals surface area contributed by atoms with Crippen molar-refractivity contribution in [2.24, 2.45) is 0 Å². The summed E-state index contributed by atoms with van der Waals surface area (Å²) in [5.41, 5.74) is 1.70. The molecule has 0 saturated heterocycles. The quantitative estimate of drug-likeness (QED) is 0.400. The normalized spacial score (nSPS) is 12.1. The minimum Gasteiger partial charge on any atom is -0.508 e. The summed E-state index contributed by atoms with van der Waals surface area (Å²) in [6.07, 6.45) is -1.16. The molecule has 0 amide bonds. The molecule has 3 nitrogen and oxygen atoms in total. The van der Waals surface area contributed by atoms with E-state index >= 15 is 0 Å². The van der Waals surface area contributed by atoms with Crippen molar-refractivity contribution in [1.82, 2.24) is 9.97 Å². The van der Waals surface area contributed by atoms with Gasteiger partial charge in [-0.2, -0.15) is 13.2 Å². The third-order valence-corrected chi connectivity index (χ3v) is 4.42. The lowest BCUT2D eigenvalue weighted by Gasteiger charge is -2.05. The molecule has 3 aromatic carbocycles. The number of imidazole rings is 1. The van der Waals surface area contributed by atoms with Crippen molar-refractivity contribution in [2.75, 3.05) is 0 Å². The summed E-state index contributed by atoms with van der Waals surface area (Å²) in [6.45, 7) is 0. The Hall–Kier alpha value is -3.61. The van der Waals surface area contributed by atoms with Gasteiger partial charge >= 0.3 is 6.18 Å². The van der Waals surface area contributed by atoms with E-state index in [1.807, 2.05) is 0 Å². The Morgan fingerprint density at radius 1 is 0.931 bits per heavy atom. The van der Waals surface area contributed by atoms with Gasteiger partial charge in [0.15, 0.2) is 0 Å². The van der Waals surface area contributed by atoms with Crippen molar-refractivity contribution < 1.29 is 22.7 Å². The summed E-state index contributed by atoms with van der Waals surface area (Å²) in [5, 5.41) is 9.61. The lowest BCUT2D eigenvalue weighted by molar-refractivity contribution is -0.137. The number of aromatic hydroxyl groups is 1. The lowest BCUT2D eigenvalue weighted by atomic mass is 10.0. The first kappa shape index (κ1) is 18.7. The molecule has 0 spiro atoms. The number of hydrogen-bond donors (Lipinski definition) is 2. The van der Waals surface area contributed by atoms with Crippen LogP contribution in [0.1, 0.15) is 17.0 Å². The van der Waals surface area contributed by atoms with Crippen molar-refractivity contribution in [3.05, 3.63) is 83.4 Å². The largest absolute Gasteiger partial charge is 0.508 e. The zero-order chi connectivity index (χ0) is 20.6. The lowest BCUT2D eigenvalue weighted by Crippen LogP contribution is -2.03. The number of alkyl halides is 3. The first-order chi connectivity index (χ1) is 13.8. The molecule has 1 aromatic heterocycles. The van der Waals surface area contributed by atoms with Crippen molar-refractivity contribution in [1.29, 1.82) is 0 Å². The highest BCUT2D eigenvalue weighted by atomic mass is 19.4. The van der Waals surface area contributed by atoms with Crippen LogP contribution in [0.25, 0.3) is 34.3 Å². The van der Waals surface area contributed by atoms with Gasteiger partial charge in [0.25, 0.3) is 0 Å². The molecule has 0 radical (unpaired) electrons. The second-order valence-electron chi connectivity index (χ2n) is 6.47. The summed E-state index contributed by atoms with van der Waals surface area (Å²) in [6, 6.07) is 13.9. The van der Waals surface area contributed by atoms with E-state index in [0.717, 1.165) is 12.1 Å². The Bertz CT molecular complexity index is 1210. The number of H-pyrrole nitrogens is 1. The number of phenols is 1. The molecular weight excluding hydrogens is 384 g/mol. The summed E-state index contributed by atoms with van der Waals surface area (Å²) < 4.78 is 52.4. The SMILES string of the molecule is Oc1cccc(-c2cc3nc(/C=C/c4ccc(C(F)(F)F)cc4)[nH]c3cc2F)c1. The Balaban J connectivity index is 1.63. The van der Waals surface area contributed by atoms with E-state index in [-0.39, 0.29) is 5.75 Å². The summed E-state index contributed by atoms with van der Waals surface area (Å²) in [7, 11) is 0. The van der Waals surface area contributed by atoms with E-state index in [2.05, 4.69) is 9.97 Å². The molecule has 146 valence electrons. The monoisotopic (exact) mass is 398 g/mol. The zero-order valence-corrected chi connectivity index (χ0v) is 14.8. The molecule has 0 fully saturated rings. The number of aromatic nitrogens is 2. The number of benzene rings is 3. The van der Waals surface area contributed by atoms with E-state index in [1.165, 1.54) is 30.3 Å². The first-order valence-corrected chi connectivity index (χ1v) is 8.63. The van der Waals surface area contributed by atoms with Crippen LogP contribution in [0.4, 0.5) is 17.6 Å². The van der Waals surface area contributed by atoms with Crippen LogP contribution < -0.4 is 0 Å². The average Bonchev–Trinajstić information content (AvgIpc) is 3.07. The topological polar surface area (TPSA) is 48.9 Å². The van der Waals surface area contributed by atoms with Gasteiger partial charge in [0.2, 0.25) is 0 Å². The second-order valence-corrected chi connectivity index (χ2v) is 6.47. The predicted molar refractivity (Wildman–Crippen MR) is 104 cm³/mol. The number of halogens is 4. The smallest absolute Gasteiger partial charge is 0.416 e. The van der Waals surface area contributed by atoms with Crippen LogP contribution in [0.15, 0.2) is 60.7 Å². The highest BCUT2D eigenvalue weighted by Crippen LogP contribution is 2.30. The van der Waals surface area contributed by atoms with Crippen LogP contribution in [0.2, 0.25) is 0 Å². The summed E-state index contributed by atoms with van der Waals surface area (Å²) >= 11 is 0. The molecule has 1 heterocycles.